The van der Waals surface area contributed by atoms with Crippen LogP contribution in [0.15, 0.2) is 42.9 Å². The van der Waals surface area contributed by atoms with Crippen molar-refractivity contribution in [3.05, 3.63) is 54.1 Å². The Morgan fingerprint density at radius 3 is 2.65 bits per heavy atom. The number of benzene rings is 1. The monoisotopic (exact) mass is 307 g/mol. The van der Waals surface area contributed by atoms with Gasteiger partial charge in [-0.3, -0.25) is 9.78 Å². The first-order valence-electron chi connectivity index (χ1n) is 8.15. The molecule has 1 aliphatic carbocycles. The van der Waals surface area contributed by atoms with Crippen LogP contribution >= 0.6 is 0 Å². The minimum absolute atomic E-state index is 0.712. The lowest BCUT2D eigenvalue weighted by atomic mass is 9.80. The van der Waals surface area contributed by atoms with Gasteiger partial charge in [0.15, 0.2) is 0 Å². The molecule has 0 saturated heterocycles. The lowest BCUT2D eigenvalue weighted by Crippen LogP contribution is -2.13. The summed E-state index contributed by atoms with van der Waals surface area (Å²) in [5.74, 6) is 0.712. The quantitative estimate of drug-likeness (QED) is 0.756. The highest BCUT2D eigenvalue weighted by atomic mass is 15.3. The summed E-state index contributed by atoms with van der Waals surface area (Å²) in [5, 5.41) is 14.8. The number of hydrogen-bond acceptors (Lipinski definition) is 3. The number of rotatable bonds is 5. The third kappa shape index (κ3) is 2.74. The molecule has 0 spiro atoms. The molecule has 0 unspecified atom stereocenters. The summed E-state index contributed by atoms with van der Waals surface area (Å²) in [5.41, 5.74) is 6.11. The summed E-state index contributed by atoms with van der Waals surface area (Å²) in [7, 11) is 2.03. The molecule has 1 fully saturated rings. The Balaban J connectivity index is 1.46. The Labute approximate surface area is 135 Å². The second-order valence-electron chi connectivity index (χ2n) is 6.22. The van der Waals surface area contributed by atoms with Crippen molar-refractivity contribution < 1.29 is 0 Å². The highest BCUT2D eigenvalue weighted by Crippen LogP contribution is 2.38. The molecular formula is C18H21N5. The van der Waals surface area contributed by atoms with Gasteiger partial charge in [0.25, 0.3) is 0 Å². The molecule has 1 saturated carbocycles. The molecule has 118 valence electrons. The normalized spacial score (nSPS) is 14.7. The number of H-pyrrole nitrogens is 1. The molecule has 0 bridgehead atoms. The maximum Gasteiger partial charge on any atom is 0.0606 e. The molecule has 2 aromatic heterocycles. The first kappa shape index (κ1) is 14.1. The van der Waals surface area contributed by atoms with Gasteiger partial charge in [0.05, 0.1) is 24.6 Å². The molecule has 3 aromatic rings. The molecule has 0 atom stereocenters. The van der Waals surface area contributed by atoms with E-state index in [9.17, 15) is 0 Å². The van der Waals surface area contributed by atoms with Crippen LogP contribution < -0.4 is 5.32 Å². The summed E-state index contributed by atoms with van der Waals surface area (Å²) < 4.78 is 2.00. The average molecular weight is 307 g/mol. The summed E-state index contributed by atoms with van der Waals surface area (Å²) in [6, 6.07) is 8.45. The minimum Gasteiger partial charge on any atom is -0.379 e. The Morgan fingerprint density at radius 1 is 1.17 bits per heavy atom. The van der Waals surface area contributed by atoms with E-state index in [1.54, 1.807) is 0 Å². The van der Waals surface area contributed by atoms with E-state index >= 15 is 0 Å². The molecule has 1 aromatic carbocycles. The zero-order valence-corrected chi connectivity index (χ0v) is 13.3. The van der Waals surface area contributed by atoms with E-state index in [2.05, 4.69) is 44.9 Å². The Morgan fingerprint density at radius 2 is 2.00 bits per heavy atom. The smallest absolute Gasteiger partial charge is 0.0606 e. The van der Waals surface area contributed by atoms with E-state index in [-0.39, 0.29) is 0 Å². The maximum absolute atomic E-state index is 4.45. The second-order valence-corrected chi connectivity index (χ2v) is 6.22. The van der Waals surface area contributed by atoms with E-state index < -0.39 is 0 Å². The van der Waals surface area contributed by atoms with Crippen LogP contribution in [0.25, 0.3) is 11.1 Å². The third-order valence-corrected chi connectivity index (χ3v) is 4.82. The molecule has 2 heterocycles. The van der Waals surface area contributed by atoms with Crippen molar-refractivity contribution in [1.29, 1.82) is 0 Å². The molecule has 2 N–H and O–H groups in total. The minimum atomic E-state index is 0.712. The van der Waals surface area contributed by atoms with Gasteiger partial charge in [0, 0.05) is 24.5 Å². The predicted octanol–water partition coefficient (Wildman–Crippen LogP) is 3.69. The van der Waals surface area contributed by atoms with Crippen LogP contribution in [0.4, 0.5) is 5.69 Å². The SMILES string of the molecule is Cn1ncc(C2CCC2)c1CNc1ccc(-c2cn[nH]c2)cc1. The third-order valence-electron chi connectivity index (χ3n) is 4.82. The van der Waals surface area contributed by atoms with Crippen LogP contribution in [0.2, 0.25) is 0 Å². The van der Waals surface area contributed by atoms with Crippen molar-refractivity contribution >= 4 is 5.69 Å². The van der Waals surface area contributed by atoms with Crippen LogP contribution in [-0.4, -0.2) is 20.0 Å². The number of nitrogens with one attached hydrogen (secondary N) is 2. The predicted molar refractivity (Wildman–Crippen MR) is 91.2 cm³/mol. The molecule has 0 amide bonds. The number of nitrogens with zero attached hydrogens (tertiary/aromatic N) is 3. The number of hydrogen-bond donors (Lipinski definition) is 2. The summed E-state index contributed by atoms with van der Waals surface area (Å²) in [6.07, 6.45) is 9.74. The largest absolute Gasteiger partial charge is 0.379 e. The van der Waals surface area contributed by atoms with Crippen molar-refractivity contribution in [2.45, 2.75) is 31.7 Å². The Hall–Kier alpha value is -2.56. The van der Waals surface area contributed by atoms with Crippen LogP contribution in [0.5, 0.6) is 0 Å². The molecule has 5 heteroatoms. The Bertz CT molecular complexity index is 766. The molecule has 0 aliphatic heterocycles. The van der Waals surface area contributed by atoms with Crippen molar-refractivity contribution in [2.24, 2.45) is 7.05 Å². The highest BCUT2D eigenvalue weighted by molar-refractivity contribution is 5.64. The van der Waals surface area contributed by atoms with E-state index in [4.69, 9.17) is 0 Å². The van der Waals surface area contributed by atoms with Gasteiger partial charge in [-0.1, -0.05) is 18.6 Å². The van der Waals surface area contributed by atoms with Gasteiger partial charge in [-0.25, -0.2) is 0 Å². The van der Waals surface area contributed by atoms with Gasteiger partial charge in [0.1, 0.15) is 0 Å². The summed E-state index contributed by atoms with van der Waals surface area (Å²) in [4.78, 5) is 0. The first-order chi connectivity index (χ1) is 11.3. The molecular weight excluding hydrogens is 286 g/mol. The molecule has 4 rings (SSSR count). The van der Waals surface area contributed by atoms with Crippen molar-refractivity contribution in [1.82, 2.24) is 20.0 Å². The second kappa shape index (κ2) is 5.91. The van der Waals surface area contributed by atoms with Crippen LogP contribution in [-0.2, 0) is 13.6 Å². The van der Waals surface area contributed by atoms with Crippen LogP contribution in [0.3, 0.4) is 0 Å². The van der Waals surface area contributed by atoms with Crippen LogP contribution in [0.1, 0.15) is 36.4 Å². The average Bonchev–Trinajstić information content (AvgIpc) is 3.16. The fraction of sp³-hybridized carbons (Fsp3) is 0.333. The first-order valence-corrected chi connectivity index (χ1v) is 8.15. The van der Waals surface area contributed by atoms with E-state index in [1.807, 2.05) is 30.3 Å². The lowest BCUT2D eigenvalue weighted by Gasteiger charge is -2.25. The molecule has 0 radical (unpaired) electrons. The topological polar surface area (TPSA) is 58.5 Å². The molecule has 23 heavy (non-hydrogen) atoms. The zero-order valence-electron chi connectivity index (χ0n) is 13.3. The molecule has 5 nitrogen and oxygen atoms in total. The number of aromatic amines is 1. The van der Waals surface area contributed by atoms with Gasteiger partial charge < -0.3 is 5.32 Å². The van der Waals surface area contributed by atoms with Gasteiger partial charge in [0.2, 0.25) is 0 Å². The number of anilines is 1. The van der Waals surface area contributed by atoms with Gasteiger partial charge in [-0.15, -0.1) is 0 Å². The summed E-state index contributed by atoms with van der Waals surface area (Å²) in [6.45, 7) is 0.813. The lowest BCUT2D eigenvalue weighted by molar-refractivity contribution is 0.417. The van der Waals surface area contributed by atoms with E-state index in [1.165, 1.54) is 36.1 Å². The van der Waals surface area contributed by atoms with E-state index in [0.29, 0.717) is 5.92 Å². The highest BCUT2D eigenvalue weighted by Gasteiger charge is 2.24. The Kier molecular flexibility index (Phi) is 3.61. The molecule has 1 aliphatic rings. The fourth-order valence-electron chi connectivity index (χ4n) is 3.13. The number of aryl methyl sites for hydroxylation is 1. The van der Waals surface area contributed by atoms with Crippen molar-refractivity contribution in [3.8, 4) is 11.1 Å². The standard InChI is InChI=1S/C18H21N5/c1-23-18(17(11-22-23)14-3-2-4-14)12-19-16-7-5-13(6-8-16)15-9-20-21-10-15/h5-11,14,19H,2-4,12H2,1H3,(H,20,21). The van der Waals surface area contributed by atoms with E-state index in [0.717, 1.165) is 17.8 Å². The zero-order chi connectivity index (χ0) is 15.6. The van der Waals surface area contributed by atoms with Crippen molar-refractivity contribution in [2.75, 3.05) is 5.32 Å². The fourth-order valence-corrected chi connectivity index (χ4v) is 3.13. The van der Waals surface area contributed by atoms with Gasteiger partial charge in [-0.05, 0) is 42.0 Å². The van der Waals surface area contributed by atoms with Gasteiger partial charge >= 0.3 is 0 Å². The number of aromatic nitrogens is 4. The summed E-state index contributed by atoms with van der Waals surface area (Å²) >= 11 is 0. The van der Waals surface area contributed by atoms with Crippen molar-refractivity contribution in [3.63, 3.8) is 0 Å². The van der Waals surface area contributed by atoms with Gasteiger partial charge in [-0.2, -0.15) is 10.2 Å². The maximum atomic E-state index is 4.45. The van der Waals surface area contributed by atoms with Crippen LogP contribution in [0, 0.1) is 0 Å².